The molecule has 1 atom stereocenters. The third-order valence-corrected chi connectivity index (χ3v) is 5.79. The number of aryl methyl sites for hydroxylation is 1. The Hall–Kier alpha value is -2.78. The smallest absolute Gasteiger partial charge is 0.329 e. The summed E-state index contributed by atoms with van der Waals surface area (Å²) in [5, 5.41) is 0. The van der Waals surface area contributed by atoms with Crippen molar-refractivity contribution in [1.29, 1.82) is 0 Å². The lowest BCUT2D eigenvalue weighted by atomic mass is 10.1. The van der Waals surface area contributed by atoms with Gasteiger partial charge in [-0.15, -0.1) is 12.4 Å². The Labute approximate surface area is 183 Å². The van der Waals surface area contributed by atoms with Crippen LogP contribution in [-0.4, -0.2) is 43.9 Å². The van der Waals surface area contributed by atoms with E-state index >= 15 is 0 Å². The minimum absolute atomic E-state index is 0. The highest BCUT2D eigenvalue weighted by Gasteiger charge is 2.40. The van der Waals surface area contributed by atoms with Crippen LogP contribution < -0.4 is 11.4 Å². The highest BCUT2D eigenvalue weighted by Crippen LogP contribution is 2.32. The number of rotatable bonds is 5. The number of alkyl halides is 2. The van der Waals surface area contributed by atoms with Crippen LogP contribution in [0, 0.1) is 0 Å². The van der Waals surface area contributed by atoms with Crippen molar-refractivity contribution in [3.8, 4) is 0 Å². The molecule has 0 radical (unpaired) electrons. The lowest BCUT2D eigenvalue weighted by molar-refractivity contribution is 0.00814. The van der Waals surface area contributed by atoms with Gasteiger partial charge in [0.2, 0.25) is 5.91 Å². The van der Waals surface area contributed by atoms with E-state index in [0.717, 1.165) is 5.56 Å². The van der Waals surface area contributed by atoms with Crippen LogP contribution in [0.1, 0.15) is 41.0 Å². The van der Waals surface area contributed by atoms with Crippen molar-refractivity contribution in [3.05, 3.63) is 63.8 Å². The van der Waals surface area contributed by atoms with Crippen molar-refractivity contribution in [3.63, 3.8) is 0 Å². The van der Waals surface area contributed by atoms with Gasteiger partial charge in [-0.25, -0.2) is 13.6 Å². The molecule has 1 unspecified atom stereocenters. The SMILES string of the molecule is CC(c1ccc(Cn2c(=O)n(C)c3ccc(C(N)=O)cc32)cn1)N1CCC(F)(F)C1.Cl. The number of carbonyl (C=O) groups excluding carboxylic acids is 1. The number of benzene rings is 1. The monoisotopic (exact) mass is 451 g/mol. The minimum atomic E-state index is -2.65. The number of nitrogens with two attached hydrogens (primary N) is 1. The highest BCUT2D eigenvalue weighted by molar-refractivity contribution is 5.96. The molecule has 7 nitrogen and oxygen atoms in total. The van der Waals surface area contributed by atoms with Crippen molar-refractivity contribution in [1.82, 2.24) is 19.0 Å². The lowest BCUT2D eigenvalue weighted by Crippen LogP contribution is -2.28. The van der Waals surface area contributed by atoms with Crippen LogP contribution in [0.2, 0.25) is 0 Å². The number of hydrogen-bond donors (Lipinski definition) is 1. The molecule has 1 aliphatic rings. The number of hydrogen-bond acceptors (Lipinski definition) is 4. The van der Waals surface area contributed by atoms with Crippen molar-refractivity contribution in [2.24, 2.45) is 12.8 Å². The molecule has 1 aromatic carbocycles. The second kappa shape index (κ2) is 8.39. The first-order valence-corrected chi connectivity index (χ1v) is 9.72. The Morgan fingerprint density at radius 2 is 2.00 bits per heavy atom. The molecule has 4 rings (SSSR count). The van der Waals surface area contributed by atoms with E-state index in [-0.39, 0.29) is 43.6 Å². The summed E-state index contributed by atoms with van der Waals surface area (Å²) in [7, 11) is 1.67. The van der Waals surface area contributed by atoms with E-state index in [9.17, 15) is 18.4 Å². The number of pyridine rings is 1. The summed E-state index contributed by atoms with van der Waals surface area (Å²) >= 11 is 0. The molecule has 2 N–H and O–H groups in total. The predicted molar refractivity (Wildman–Crippen MR) is 116 cm³/mol. The molecule has 1 fully saturated rings. The molecule has 1 aliphatic heterocycles. The van der Waals surface area contributed by atoms with Gasteiger partial charge < -0.3 is 5.73 Å². The molecule has 31 heavy (non-hydrogen) atoms. The topological polar surface area (TPSA) is 86.2 Å². The average Bonchev–Trinajstić information content (AvgIpc) is 3.20. The maximum absolute atomic E-state index is 13.5. The number of amides is 1. The number of nitrogens with zero attached hydrogens (tertiary/aromatic N) is 4. The Bertz CT molecular complexity index is 1170. The van der Waals surface area contributed by atoms with Gasteiger partial charge in [-0.05, 0) is 36.8 Å². The summed E-state index contributed by atoms with van der Waals surface area (Å²) in [6.45, 7) is 2.21. The zero-order chi connectivity index (χ0) is 21.6. The van der Waals surface area contributed by atoms with Crippen LogP contribution in [0.25, 0.3) is 11.0 Å². The summed E-state index contributed by atoms with van der Waals surface area (Å²) in [5.41, 5.74) is 8.27. The molecular weight excluding hydrogens is 428 g/mol. The average molecular weight is 452 g/mol. The number of likely N-dealkylation sites (tertiary alicyclic amines) is 1. The third kappa shape index (κ3) is 4.33. The maximum Gasteiger partial charge on any atom is 0.329 e. The van der Waals surface area contributed by atoms with E-state index < -0.39 is 11.8 Å². The van der Waals surface area contributed by atoms with Gasteiger partial charge in [0.15, 0.2) is 0 Å². The Morgan fingerprint density at radius 3 is 2.58 bits per heavy atom. The van der Waals surface area contributed by atoms with Gasteiger partial charge in [-0.1, -0.05) is 6.07 Å². The second-order valence-electron chi connectivity index (χ2n) is 7.84. The quantitative estimate of drug-likeness (QED) is 0.646. The Morgan fingerprint density at radius 1 is 1.26 bits per heavy atom. The first kappa shape index (κ1) is 22.9. The van der Waals surface area contributed by atoms with Gasteiger partial charge in [-0.2, -0.15) is 0 Å². The molecule has 3 heterocycles. The van der Waals surface area contributed by atoms with Crippen LogP contribution in [0.3, 0.4) is 0 Å². The summed E-state index contributed by atoms with van der Waals surface area (Å²) in [5.74, 6) is -3.21. The van der Waals surface area contributed by atoms with Crippen LogP contribution in [0.4, 0.5) is 8.78 Å². The van der Waals surface area contributed by atoms with Crippen LogP contribution in [-0.2, 0) is 13.6 Å². The Balaban J connectivity index is 0.00000272. The molecule has 2 aromatic heterocycles. The standard InChI is InChI=1S/C21H23F2N5O2.ClH/c1-13(27-8-7-21(22,23)12-27)16-5-3-14(10-25-16)11-28-18-9-15(19(24)29)4-6-17(18)26(2)20(28)30;/h3-6,9-10,13H,7-8,11-12H2,1-2H3,(H2,24,29);1H. The molecule has 0 aliphatic carbocycles. The predicted octanol–water partition coefficient (Wildman–Crippen LogP) is 2.71. The molecule has 1 saturated heterocycles. The zero-order valence-electron chi connectivity index (χ0n) is 17.2. The molecule has 0 saturated carbocycles. The van der Waals surface area contributed by atoms with Crippen LogP contribution >= 0.6 is 12.4 Å². The zero-order valence-corrected chi connectivity index (χ0v) is 18.0. The first-order chi connectivity index (χ1) is 14.2. The Kier molecular flexibility index (Phi) is 6.20. The van der Waals surface area contributed by atoms with Crippen LogP contribution in [0.15, 0.2) is 41.3 Å². The molecule has 3 aromatic rings. The van der Waals surface area contributed by atoms with Gasteiger partial charge in [0.25, 0.3) is 5.92 Å². The second-order valence-corrected chi connectivity index (χ2v) is 7.84. The van der Waals surface area contributed by atoms with Gasteiger partial charge >= 0.3 is 5.69 Å². The summed E-state index contributed by atoms with van der Waals surface area (Å²) in [6.07, 6.45) is 1.52. The minimum Gasteiger partial charge on any atom is -0.366 e. The fourth-order valence-corrected chi connectivity index (χ4v) is 3.96. The van der Waals surface area contributed by atoms with Crippen LogP contribution in [0.5, 0.6) is 0 Å². The fourth-order valence-electron chi connectivity index (χ4n) is 3.96. The van der Waals surface area contributed by atoms with E-state index in [4.69, 9.17) is 5.73 Å². The van der Waals surface area contributed by atoms with E-state index in [0.29, 0.717) is 28.8 Å². The maximum atomic E-state index is 13.5. The largest absolute Gasteiger partial charge is 0.366 e. The molecule has 10 heteroatoms. The normalized spacial score (nSPS) is 16.9. The molecule has 166 valence electrons. The highest BCUT2D eigenvalue weighted by atomic mass is 35.5. The van der Waals surface area contributed by atoms with E-state index in [1.807, 2.05) is 19.1 Å². The summed E-state index contributed by atoms with van der Waals surface area (Å²) in [6, 6.07) is 8.33. The lowest BCUT2D eigenvalue weighted by Gasteiger charge is -2.23. The number of halogens is 3. The molecule has 1 amide bonds. The fraction of sp³-hybridized carbons (Fsp3) is 0.381. The summed E-state index contributed by atoms with van der Waals surface area (Å²) < 4.78 is 30.1. The first-order valence-electron chi connectivity index (χ1n) is 9.72. The number of carbonyl (C=O) groups is 1. The van der Waals surface area contributed by atoms with Gasteiger partial charge in [0.05, 0.1) is 29.8 Å². The molecule has 0 spiro atoms. The van der Waals surface area contributed by atoms with Gasteiger partial charge in [0.1, 0.15) is 0 Å². The number of primary amides is 1. The molecular formula is C21H24ClF2N5O2. The van der Waals surface area contributed by atoms with Gasteiger partial charge in [-0.3, -0.25) is 23.8 Å². The van der Waals surface area contributed by atoms with E-state index in [2.05, 4.69) is 4.98 Å². The van der Waals surface area contributed by atoms with Crippen molar-refractivity contribution >= 4 is 29.3 Å². The van der Waals surface area contributed by atoms with Crippen molar-refractivity contribution in [2.45, 2.75) is 31.9 Å². The van der Waals surface area contributed by atoms with E-state index in [1.54, 1.807) is 40.9 Å². The van der Waals surface area contributed by atoms with Gasteiger partial charge in [0, 0.05) is 37.8 Å². The number of fused-ring (bicyclic) bond motifs is 1. The summed E-state index contributed by atoms with van der Waals surface area (Å²) in [4.78, 5) is 30.4. The third-order valence-electron chi connectivity index (χ3n) is 5.79. The number of aromatic nitrogens is 3. The number of imidazole rings is 1. The van der Waals surface area contributed by atoms with E-state index in [1.165, 1.54) is 4.57 Å². The van der Waals surface area contributed by atoms with Crippen molar-refractivity contribution in [2.75, 3.05) is 13.1 Å². The molecule has 0 bridgehead atoms. The van der Waals surface area contributed by atoms with Crippen molar-refractivity contribution < 1.29 is 13.6 Å².